The lowest BCUT2D eigenvalue weighted by Gasteiger charge is -2.09. The quantitative estimate of drug-likeness (QED) is 0.508. The van der Waals surface area contributed by atoms with Crippen molar-refractivity contribution in [3.63, 3.8) is 0 Å². The van der Waals surface area contributed by atoms with E-state index >= 15 is 0 Å². The van der Waals surface area contributed by atoms with E-state index in [0.29, 0.717) is 22.2 Å². The van der Waals surface area contributed by atoms with Gasteiger partial charge >= 0.3 is 0 Å². The largest absolute Gasteiger partial charge is 0.463 e. The zero-order valence-electron chi connectivity index (χ0n) is 14.9. The minimum Gasteiger partial charge on any atom is -0.463 e. The van der Waals surface area contributed by atoms with Crippen LogP contribution >= 0.6 is 23.2 Å². The monoisotopic (exact) mass is 429 g/mol. The number of benzene rings is 1. The summed E-state index contributed by atoms with van der Waals surface area (Å²) in [7, 11) is 0. The second-order valence-electron chi connectivity index (χ2n) is 6.09. The second kappa shape index (κ2) is 7.57. The number of halogens is 2. The van der Waals surface area contributed by atoms with Gasteiger partial charge in [0.15, 0.2) is 5.76 Å². The number of carbonyl (C=O) groups is 1. The molecule has 0 aliphatic heterocycles. The highest BCUT2D eigenvalue weighted by Gasteiger charge is 2.19. The van der Waals surface area contributed by atoms with Crippen LogP contribution in [0.25, 0.3) is 17.4 Å². The number of aryl methyl sites for hydroxylation is 1. The summed E-state index contributed by atoms with van der Waals surface area (Å²) >= 11 is 12.0. The lowest BCUT2D eigenvalue weighted by Crippen LogP contribution is -2.19. The van der Waals surface area contributed by atoms with Gasteiger partial charge < -0.3 is 9.73 Å². The zero-order valence-corrected chi connectivity index (χ0v) is 16.5. The summed E-state index contributed by atoms with van der Waals surface area (Å²) in [6.07, 6.45) is 1.51. The van der Waals surface area contributed by atoms with Gasteiger partial charge in [0, 0.05) is 22.8 Å². The van der Waals surface area contributed by atoms with Crippen LogP contribution in [0.4, 0.5) is 5.82 Å². The molecule has 0 unspecified atom stereocenters. The van der Waals surface area contributed by atoms with E-state index in [2.05, 4.69) is 20.4 Å². The number of rotatable bonds is 4. The Balaban J connectivity index is 1.78. The van der Waals surface area contributed by atoms with E-state index in [4.69, 9.17) is 27.6 Å². The van der Waals surface area contributed by atoms with Crippen molar-refractivity contribution in [2.24, 2.45) is 0 Å². The number of hydrogen-bond acceptors (Lipinski definition) is 5. The summed E-state index contributed by atoms with van der Waals surface area (Å²) in [5.41, 5.74) is 0.822. The second-order valence-corrected chi connectivity index (χ2v) is 6.94. The van der Waals surface area contributed by atoms with Crippen molar-refractivity contribution < 1.29 is 9.21 Å². The van der Waals surface area contributed by atoms with Gasteiger partial charge in [0.1, 0.15) is 11.5 Å². The molecule has 29 heavy (non-hydrogen) atoms. The smallest absolute Gasteiger partial charge is 0.258 e. The molecule has 0 fully saturated rings. The molecular weight excluding hydrogens is 417 g/mol. The first-order chi connectivity index (χ1) is 13.9. The van der Waals surface area contributed by atoms with Crippen LogP contribution in [0.1, 0.15) is 16.1 Å². The van der Waals surface area contributed by atoms with Crippen LogP contribution in [0.3, 0.4) is 0 Å². The molecular formula is C19H13Cl2N5O3. The molecule has 2 N–H and O–H groups in total. The van der Waals surface area contributed by atoms with Crippen molar-refractivity contribution in [3.8, 4) is 17.4 Å². The highest BCUT2D eigenvalue weighted by Crippen LogP contribution is 2.26. The van der Waals surface area contributed by atoms with E-state index in [0.717, 1.165) is 0 Å². The number of carbonyl (C=O) groups excluding carboxylic acids is 1. The first-order valence-corrected chi connectivity index (χ1v) is 9.15. The number of nitrogens with zero attached hydrogens (tertiary/aromatic N) is 3. The predicted molar refractivity (Wildman–Crippen MR) is 109 cm³/mol. The maximum atomic E-state index is 12.8. The van der Waals surface area contributed by atoms with Crippen molar-refractivity contribution in [2.75, 3.05) is 5.32 Å². The molecule has 0 aliphatic rings. The van der Waals surface area contributed by atoms with E-state index in [9.17, 15) is 9.59 Å². The fourth-order valence-electron chi connectivity index (χ4n) is 2.70. The van der Waals surface area contributed by atoms with Gasteiger partial charge in [0.05, 0.1) is 16.8 Å². The normalized spacial score (nSPS) is 10.9. The van der Waals surface area contributed by atoms with Crippen LogP contribution in [-0.2, 0) is 0 Å². The Morgan fingerprint density at radius 1 is 1.21 bits per heavy atom. The maximum Gasteiger partial charge on any atom is 0.258 e. The molecule has 4 rings (SSSR count). The van der Waals surface area contributed by atoms with Gasteiger partial charge in [0.2, 0.25) is 5.95 Å². The summed E-state index contributed by atoms with van der Waals surface area (Å²) < 4.78 is 6.69. The summed E-state index contributed by atoms with van der Waals surface area (Å²) in [4.78, 5) is 31.5. The number of H-pyrrole nitrogens is 1. The Bertz CT molecular complexity index is 1260. The molecule has 0 spiro atoms. The number of nitrogens with one attached hydrogen (secondary N) is 2. The van der Waals surface area contributed by atoms with Crippen LogP contribution < -0.4 is 10.9 Å². The Morgan fingerprint density at radius 2 is 2.03 bits per heavy atom. The molecule has 0 saturated heterocycles. The third-order valence-electron chi connectivity index (χ3n) is 3.96. The van der Waals surface area contributed by atoms with Crippen LogP contribution in [0.2, 0.25) is 10.0 Å². The summed E-state index contributed by atoms with van der Waals surface area (Å²) in [5.74, 6) is 0.416. The minimum absolute atomic E-state index is 0.144. The number of aromatic amines is 1. The number of amides is 1. The fourth-order valence-corrected chi connectivity index (χ4v) is 3.19. The molecule has 0 atom stereocenters. The molecule has 0 aliphatic carbocycles. The Hall–Kier alpha value is -3.36. The van der Waals surface area contributed by atoms with Gasteiger partial charge in [-0.2, -0.15) is 9.78 Å². The van der Waals surface area contributed by atoms with Gasteiger partial charge in [-0.15, -0.1) is 0 Å². The molecule has 0 bridgehead atoms. The highest BCUT2D eigenvalue weighted by atomic mass is 35.5. The number of anilines is 1. The van der Waals surface area contributed by atoms with Crippen LogP contribution in [0.15, 0.2) is 57.9 Å². The van der Waals surface area contributed by atoms with Gasteiger partial charge in [-0.05, 0) is 37.3 Å². The number of furan rings is 1. The molecule has 4 aromatic rings. The van der Waals surface area contributed by atoms with Crippen molar-refractivity contribution >= 4 is 34.9 Å². The average Bonchev–Trinajstić information content (AvgIpc) is 3.30. The van der Waals surface area contributed by atoms with Crippen molar-refractivity contribution in [2.45, 2.75) is 6.92 Å². The molecule has 3 aromatic heterocycles. The van der Waals surface area contributed by atoms with Gasteiger partial charge in [-0.1, -0.05) is 23.2 Å². The molecule has 0 saturated carbocycles. The van der Waals surface area contributed by atoms with Gasteiger partial charge in [0.25, 0.3) is 11.5 Å². The maximum absolute atomic E-state index is 12.8. The van der Waals surface area contributed by atoms with Crippen LogP contribution in [0, 0.1) is 6.92 Å². The van der Waals surface area contributed by atoms with Crippen LogP contribution in [0.5, 0.6) is 0 Å². The molecule has 3 heterocycles. The summed E-state index contributed by atoms with van der Waals surface area (Å²) in [5, 5.41) is 7.77. The van der Waals surface area contributed by atoms with Crippen LogP contribution in [-0.4, -0.2) is 25.7 Å². The van der Waals surface area contributed by atoms with E-state index in [1.54, 1.807) is 31.2 Å². The summed E-state index contributed by atoms with van der Waals surface area (Å²) in [6.45, 7) is 1.68. The average molecular weight is 430 g/mol. The lowest BCUT2D eigenvalue weighted by molar-refractivity contribution is 0.102. The first-order valence-electron chi connectivity index (χ1n) is 8.39. The Labute approximate surface area is 174 Å². The van der Waals surface area contributed by atoms with Crippen molar-refractivity contribution in [1.29, 1.82) is 0 Å². The van der Waals surface area contributed by atoms with Gasteiger partial charge in [-0.25, -0.2) is 4.98 Å². The molecule has 146 valence electrons. The third-order valence-corrected chi connectivity index (χ3v) is 4.51. The number of hydrogen-bond donors (Lipinski definition) is 2. The highest BCUT2D eigenvalue weighted by molar-refractivity contribution is 6.37. The topological polar surface area (TPSA) is 106 Å². The predicted octanol–water partition coefficient (Wildman–Crippen LogP) is 4.08. The molecule has 10 heteroatoms. The SMILES string of the molecule is Cc1cc(=O)[nH]c(-n2nc(-c3ccco3)cc2NC(=O)c2ccc(Cl)cc2Cl)n1. The minimum atomic E-state index is -0.478. The molecule has 8 nitrogen and oxygen atoms in total. The molecule has 1 amide bonds. The lowest BCUT2D eigenvalue weighted by atomic mass is 10.2. The summed E-state index contributed by atoms with van der Waals surface area (Å²) in [6, 6.07) is 10.9. The Kier molecular flexibility index (Phi) is 4.96. The number of aromatic nitrogens is 4. The zero-order chi connectivity index (χ0) is 20.5. The van der Waals surface area contributed by atoms with E-state index in [1.165, 1.54) is 29.1 Å². The Morgan fingerprint density at radius 3 is 2.72 bits per heavy atom. The third kappa shape index (κ3) is 3.94. The fraction of sp³-hybridized carbons (Fsp3) is 0.0526. The van der Waals surface area contributed by atoms with Gasteiger partial charge in [-0.3, -0.25) is 14.6 Å². The molecule has 1 aromatic carbocycles. The van der Waals surface area contributed by atoms with E-state index < -0.39 is 5.91 Å². The molecule has 0 radical (unpaired) electrons. The van der Waals surface area contributed by atoms with E-state index in [-0.39, 0.29) is 27.9 Å². The standard InChI is InChI=1S/C19H13Cl2N5O3/c1-10-7-17(27)24-19(22-10)26-16(9-14(25-26)15-3-2-6-29-15)23-18(28)12-5-4-11(20)8-13(12)21/h2-9H,1H3,(H,23,28)(H,22,24,27). The van der Waals surface area contributed by atoms with Crippen molar-refractivity contribution in [1.82, 2.24) is 19.7 Å². The van der Waals surface area contributed by atoms with E-state index in [1.807, 2.05) is 0 Å². The first kappa shape index (κ1) is 19.0. The van der Waals surface area contributed by atoms with Crippen molar-refractivity contribution in [3.05, 3.63) is 80.4 Å².